The van der Waals surface area contributed by atoms with Crippen LogP contribution in [0.2, 0.25) is 5.02 Å². The van der Waals surface area contributed by atoms with Gasteiger partial charge in [-0.1, -0.05) is 47.1 Å². The van der Waals surface area contributed by atoms with Gasteiger partial charge in [0.15, 0.2) is 11.0 Å². The van der Waals surface area contributed by atoms with E-state index in [0.29, 0.717) is 16.8 Å². The van der Waals surface area contributed by atoms with E-state index in [0.717, 1.165) is 27.1 Å². The van der Waals surface area contributed by atoms with Crippen LogP contribution < -0.4 is 0 Å². The van der Waals surface area contributed by atoms with E-state index >= 15 is 0 Å². The SMILES string of the molecule is Cc1ccc(-n2c(SC(C)c3nnc(-c4cccs4)o3)nnc2-c2ccc(Cl)cc2)cc1. The third kappa shape index (κ3) is 4.21. The summed E-state index contributed by atoms with van der Waals surface area (Å²) in [5.41, 5.74) is 3.09. The molecule has 32 heavy (non-hydrogen) atoms. The second kappa shape index (κ2) is 8.90. The molecule has 5 rings (SSSR count). The molecule has 0 fully saturated rings. The molecule has 2 aromatic carbocycles. The quantitative estimate of drug-likeness (QED) is 0.248. The number of aryl methyl sites for hydroxylation is 1. The zero-order valence-electron chi connectivity index (χ0n) is 17.3. The van der Waals surface area contributed by atoms with Gasteiger partial charge in [-0.15, -0.1) is 31.7 Å². The molecule has 0 N–H and O–H groups in total. The summed E-state index contributed by atoms with van der Waals surface area (Å²) in [6.07, 6.45) is 0. The molecule has 0 aliphatic carbocycles. The van der Waals surface area contributed by atoms with Crippen LogP contribution in [0, 0.1) is 6.92 Å². The lowest BCUT2D eigenvalue weighted by atomic mass is 10.2. The summed E-state index contributed by atoms with van der Waals surface area (Å²) in [7, 11) is 0. The highest BCUT2D eigenvalue weighted by Gasteiger charge is 2.22. The molecule has 0 bridgehead atoms. The molecule has 6 nitrogen and oxygen atoms in total. The molecule has 1 unspecified atom stereocenters. The minimum absolute atomic E-state index is 0.109. The van der Waals surface area contributed by atoms with Gasteiger partial charge in [0.2, 0.25) is 5.89 Å². The van der Waals surface area contributed by atoms with Gasteiger partial charge in [0.05, 0.1) is 10.1 Å². The fraction of sp³-hybridized carbons (Fsp3) is 0.130. The van der Waals surface area contributed by atoms with Crippen molar-refractivity contribution in [3.63, 3.8) is 0 Å². The van der Waals surface area contributed by atoms with Crippen LogP contribution in [0.15, 0.2) is 75.6 Å². The van der Waals surface area contributed by atoms with Crippen molar-refractivity contribution in [3.8, 4) is 27.8 Å². The molecule has 0 saturated carbocycles. The minimum atomic E-state index is -0.109. The molecule has 0 amide bonds. The highest BCUT2D eigenvalue weighted by molar-refractivity contribution is 7.99. The number of rotatable bonds is 6. The Kier molecular flexibility index (Phi) is 5.82. The second-order valence-corrected chi connectivity index (χ2v) is 9.86. The van der Waals surface area contributed by atoms with E-state index < -0.39 is 0 Å². The van der Waals surface area contributed by atoms with Gasteiger partial charge in [-0.25, -0.2) is 0 Å². The average Bonchev–Trinajstić information content (AvgIpc) is 3.55. The van der Waals surface area contributed by atoms with Crippen LogP contribution in [-0.4, -0.2) is 25.0 Å². The largest absolute Gasteiger partial charge is 0.419 e. The van der Waals surface area contributed by atoms with E-state index in [1.54, 1.807) is 11.3 Å². The predicted molar refractivity (Wildman–Crippen MR) is 128 cm³/mol. The van der Waals surface area contributed by atoms with Gasteiger partial charge in [-0.05, 0) is 61.7 Å². The lowest BCUT2D eigenvalue weighted by Gasteiger charge is -2.12. The molecule has 0 saturated heterocycles. The molecule has 1 atom stereocenters. The van der Waals surface area contributed by atoms with Gasteiger partial charge in [0.25, 0.3) is 5.89 Å². The first-order valence-corrected chi connectivity index (χ1v) is 12.0. The number of hydrogen-bond acceptors (Lipinski definition) is 7. The van der Waals surface area contributed by atoms with Gasteiger partial charge in [0, 0.05) is 16.3 Å². The zero-order chi connectivity index (χ0) is 22.1. The van der Waals surface area contributed by atoms with Gasteiger partial charge in [-0.2, -0.15) is 0 Å². The number of thiophene rings is 1. The Bertz CT molecular complexity index is 1330. The van der Waals surface area contributed by atoms with Crippen molar-refractivity contribution in [1.29, 1.82) is 0 Å². The molecular weight excluding hydrogens is 462 g/mol. The van der Waals surface area contributed by atoms with Crippen LogP contribution in [0.1, 0.15) is 23.6 Å². The van der Waals surface area contributed by atoms with Crippen LogP contribution in [0.4, 0.5) is 0 Å². The Labute approximate surface area is 198 Å². The van der Waals surface area contributed by atoms with E-state index in [9.17, 15) is 0 Å². The maximum absolute atomic E-state index is 6.08. The van der Waals surface area contributed by atoms with Gasteiger partial charge in [0.1, 0.15) is 0 Å². The summed E-state index contributed by atoms with van der Waals surface area (Å²) in [5.74, 6) is 1.82. The van der Waals surface area contributed by atoms with Crippen LogP contribution in [-0.2, 0) is 0 Å². The Morgan fingerprint density at radius 3 is 2.47 bits per heavy atom. The van der Waals surface area contributed by atoms with Crippen molar-refractivity contribution in [2.45, 2.75) is 24.3 Å². The number of benzene rings is 2. The molecule has 3 aromatic heterocycles. The molecule has 0 spiro atoms. The van der Waals surface area contributed by atoms with Crippen molar-refractivity contribution in [3.05, 3.63) is 82.5 Å². The summed E-state index contributed by atoms with van der Waals surface area (Å²) < 4.78 is 7.97. The van der Waals surface area contributed by atoms with E-state index in [2.05, 4.69) is 51.6 Å². The monoisotopic (exact) mass is 479 g/mol. The Morgan fingerprint density at radius 1 is 0.969 bits per heavy atom. The number of hydrogen-bond donors (Lipinski definition) is 0. The third-order valence-corrected chi connectivity index (χ3v) is 6.97. The number of halogens is 1. The van der Waals surface area contributed by atoms with Crippen LogP contribution in [0.5, 0.6) is 0 Å². The summed E-state index contributed by atoms with van der Waals surface area (Å²) in [6.45, 7) is 4.08. The Morgan fingerprint density at radius 2 is 1.75 bits per heavy atom. The molecular formula is C23H18ClN5OS2. The summed E-state index contributed by atoms with van der Waals surface area (Å²) in [6, 6.07) is 19.8. The molecule has 160 valence electrons. The maximum atomic E-state index is 6.08. The van der Waals surface area contributed by atoms with Crippen molar-refractivity contribution >= 4 is 34.7 Å². The fourth-order valence-electron chi connectivity index (χ4n) is 3.17. The summed E-state index contributed by atoms with van der Waals surface area (Å²) in [4.78, 5) is 0.953. The summed E-state index contributed by atoms with van der Waals surface area (Å²) in [5, 5.41) is 20.7. The fourth-order valence-corrected chi connectivity index (χ4v) is 4.83. The van der Waals surface area contributed by atoms with E-state index in [4.69, 9.17) is 16.0 Å². The van der Waals surface area contributed by atoms with Crippen LogP contribution in [0.25, 0.3) is 27.8 Å². The molecule has 0 aliphatic rings. The highest BCUT2D eigenvalue weighted by Crippen LogP contribution is 2.37. The number of nitrogens with zero attached hydrogens (tertiary/aromatic N) is 5. The van der Waals surface area contributed by atoms with Crippen molar-refractivity contribution in [2.24, 2.45) is 0 Å². The minimum Gasteiger partial charge on any atom is -0.419 e. The van der Waals surface area contributed by atoms with E-state index in [1.165, 1.54) is 17.3 Å². The number of aromatic nitrogens is 5. The smallest absolute Gasteiger partial charge is 0.257 e. The highest BCUT2D eigenvalue weighted by atomic mass is 35.5. The average molecular weight is 480 g/mol. The van der Waals surface area contributed by atoms with Gasteiger partial charge >= 0.3 is 0 Å². The maximum Gasteiger partial charge on any atom is 0.257 e. The van der Waals surface area contributed by atoms with Crippen molar-refractivity contribution in [2.75, 3.05) is 0 Å². The van der Waals surface area contributed by atoms with Crippen LogP contribution >= 0.6 is 34.7 Å². The molecule has 3 heterocycles. The number of thioether (sulfide) groups is 1. The van der Waals surface area contributed by atoms with E-state index in [1.807, 2.05) is 53.3 Å². The van der Waals surface area contributed by atoms with Crippen LogP contribution in [0.3, 0.4) is 0 Å². The first-order valence-electron chi connectivity index (χ1n) is 9.91. The Balaban J connectivity index is 1.50. The summed E-state index contributed by atoms with van der Waals surface area (Å²) >= 11 is 9.18. The van der Waals surface area contributed by atoms with E-state index in [-0.39, 0.29) is 5.25 Å². The first kappa shape index (κ1) is 20.9. The topological polar surface area (TPSA) is 69.6 Å². The lowest BCUT2D eigenvalue weighted by molar-refractivity contribution is 0.510. The normalized spacial score (nSPS) is 12.2. The lowest BCUT2D eigenvalue weighted by Crippen LogP contribution is -2.01. The molecule has 9 heteroatoms. The molecule has 0 aliphatic heterocycles. The predicted octanol–water partition coefficient (Wildman–Crippen LogP) is 6.86. The zero-order valence-corrected chi connectivity index (χ0v) is 19.7. The third-order valence-electron chi connectivity index (χ3n) is 4.83. The molecule has 0 radical (unpaired) electrons. The first-order chi connectivity index (χ1) is 15.6. The second-order valence-electron chi connectivity index (χ2n) is 7.17. The standard InChI is InChI=1S/C23H18ClN5OS2/c1-14-5-11-18(12-6-14)29-20(16-7-9-17(24)10-8-16)25-28-23(29)32-15(2)21-26-27-22(30-21)19-4-3-13-31-19/h3-13,15H,1-2H3. The van der Waals surface area contributed by atoms with Crippen molar-refractivity contribution < 1.29 is 4.42 Å². The Hall–Kier alpha value is -2.94. The molecule has 5 aromatic rings. The van der Waals surface area contributed by atoms with Gasteiger partial charge in [-0.3, -0.25) is 4.57 Å². The van der Waals surface area contributed by atoms with Gasteiger partial charge < -0.3 is 4.42 Å². The van der Waals surface area contributed by atoms with Crippen molar-refractivity contribution in [1.82, 2.24) is 25.0 Å².